The van der Waals surface area contributed by atoms with E-state index in [-0.39, 0.29) is 5.91 Å². The monoisotopic (exact) mass is 279 g/mol. The highest BCUT2D eigenvalue weighted by molar-refractivity contribution is 5.96. The van der Waals surface area contributed by atoms with Crippen LogP contribution in [0.4, 0.5) is 4.79 Å². The molecule has 1 aromatic rings. The van der Waals surface area contributed by atoms with Crippen molar-refractivity contribution in [3.05, 3.63) is 29.8 Å². The van der Waals surface area contributed by atoms with E-state index in [4.69, 9.17) is 4.74 Å². The maximum absolute atomic E-state index is 11.5. The van der Waals surface area contributed by atoms with Gasteiger partial charge in [-0.3, -0.25) is 10.1 Å². The van der Waals surface area contributed by atoms with Crippen molar-refractivity contribution >= 4 is 11.9 Å². The summed E-state index contributed by atoms with van der Waals surface area (Å²) in [5.74, 6) is 0.425. The molecule has 110 valence electrons. The predicted octanol–water partition coefficient (Wildman–Crippen LogP) is 0.808. The first-order valence-electron chi connectivity index (χ1n) is 6.48. The summed E-state index contributed by atoms with van der Waals surface area (Å²) in [6.07, 6.45) is 0. The number of benzene rings is 1. The molecule has 0 aromatic heterocycles. The van der Waals surface area contributed by atoms with Crippen LogP contribution in [0.1, 0.15) is 12.5 Å². The van der Waals surface area contributed by atoms with E-state index in [0.717, 1.165) is 11.3 Å². The average molecular weight is 279 g/mol. The van der Waals surface area contributed by atoms with Gasteiger partial charge >= 0.3 is 6.03 Å². The molecule has 6 nitrogen and oxygen atoms in total. The molecule has 0 fully saturated rings. The second-order valence-electron chi connectivity index (χ2n) is 4.41. The van der Waals surface area contributed by atoms with Gasteiger partial charge in [0.2, 0.25) is 5.91 Å². The number of carbonyl (C=O) groups is 2. The fourth-order valence-corrected chi connectivity index (χ4v) is 1.52. The molecule has 0 saturated carbocycles. The van der Waals surface area contributed by atoms with Gasteiger partial charge in [-0.1, -0.05) is 12.1 Å². The lowest BCUT2D eigenvalue weighted by Crippen LogP contribution is -2.48. The molecule has 0 aliphatic rings. The zero-order valence-corrected chi connectivity index (χ0v) is 12.0. The molecule has 1 atom stereocenters. The third kappa shape index (κ3) is 5.71. The second-order valence-corrected chi connectivity index (χ2v) is 4.41. The number of hydrogen-bond acceptors (Lipinski definition) is 4. The lowest BCUT2D eigenvalue weighted by molar-refractivity contribution is -0.121. The van der Waals surface area contributed by atoms with Crippen molar-refractivity contribution in [3.8, 4) is 5.75 Å². The van der Waals surface area contributed by atoms with E-state index < -0.39 is 12.1 Å². The molecule has 0 saturated heterocycles. The van der Waals surface area contributed by atoms with Gasteiger partial charge < -0.3 is 15.4 Å². The van der Waals surface area contributed by atoms with Crippen LogP contribution in [0.15, 0.2) is 24.3 Å². The molecule has 6 heteroatoms. The molecule has 3 amide bonds. The van der Waals surface area contributed by atoms with Gasteiger partial charge in [0.15, 0.2) is 0 Å². The molecule has 0 radical (unpaired) electrons. The number of amides is 3. The van der Waals surface area contributed by atoms with E-state index >= 15 is 0 Å². The molecule has 0 aliphatic carbocycles. The quantitative estimate of drug-likeness (QED) is 0.673. The Morgan fingerprint density at radius 3 is 2.75 bits per heavy atom. The minimum absolute atomic E-state index is 0.375. The highest BCUT2D eigenvalue weighted by Gasteiger charge is 2.13. The fourth-order valence-electron chi connectivity index (χ4n) is 1.52. The number of ether oxygens (including phenoxy) is 1. The third-order valence-corrected chi connectivity index (χ3v) is 2.67. The summed E-state index contributed by atoms with van der Waals surface area (Å²) in [4.78, 5) is 22.5. The number of urea groups is 1. The Labute approximate surface area is 118 Å². The highest BCUT2D eigenvalue weighted by atomic mass is 16.5. The molecule has 0 spiro atoms. The molecular formula is C14H21N3O3. The van der Waals surface area contributed by atoms with Gasteiger partial charge in [-0.25, -0.2) is 4.79 Å². The summed E-state index contributed by atoms with van der Waals surface area (Å²) in [5.41, 5.74) is 1.13. The van der Waals surface area contributed by atoms with Gasteiger partial charge in [-0.2, -0.15) is 0 Å². The van der Waals surface area contributed by atoms with Gasteiger partial charge in [0.1, 0.15) is 12.4 Å². The minimum Gasteiger partial charge on any atom is -0.492 e. The molecular weight excluding hydrogens is 258 g/mol. The topological polar surface area (TPSA) is 79.5 Å². The molecule has 1 unspecified atom stereocenters. The van der Waals surface area contributed by atoms with Gasteiger partial charge in [0.25, 0.3) is 0 Å². The third-order valence-electron chi connectivity index (χ3n) is 2.67. The Morgan fingerprint density at radius 2 is 2.10 bits per heavy atom. The maximum atomic E-state index is 11.5. The zero-order valence-electron chi connectivity index (χ0n) is 12.0. The van der Waals surface area contributed by atoms with Crippen LogP contribution in [0.25, 0.3) is 0 Å². The maximum Gasteiger partial charge on any atom is 0.321 e. The van der Waals surface area contributed by atoms with Crippen molar-refractivity contribution in [2.45, 2.75) is 19.9 Å². The van der Waals surface area contributed by atoms with Gasteiger partial charge in [-0.05, 0) is 31.5 Å². The Kier molecular flexibility index (Phi) is 6.52. The Hall–Kier alpha value is -2.08. The fraction of sp³-hybridized carbons (Fsp3) is 0.429. The van der Waals surface area contributed by atoms with Crippen LogP contribution < -0.4 is 20.7 Å². The van der Waals surface area contributed by atoms with E-state index in [1.165, 1.54) is 7.05 Å². The van der Waals surface area contributed by atoms with Crippen LogP contribution in [-0.2, 0) is 4.79 Å². The van der Waals surface area contributed by atoms with Crippen LogP contribution in [0.2, 0.25) is 0 Å². The van der Waals surface area contributed by atoms with Crippen LogP contribution in [0.5, 0.6) is 5.75 Å². The summed E-state index contributed by atoms with van der Waals surface area (Å²) in [7, 11) is 1.45. The molecule has 0 heterocycles. The summed E-state index contributed by atoms with van der Waals surface area (Å²) >= 11 is 0. The van der Waals surface area contributed by atoms with E-state index in [2.05, 4.69) is 16.0 Å². The molecule has 1 aromatic carbocycles. The molecule has 3 N–H and O–H groups in total. The minimum atomic E-state index is -0.514. The molecule has 0 bridgehead atoms. The lowest BCUT2D eigenvalue weighted by Gasteiger charge is -2.13. The Morgan fingerprint density at radius 1 is 1.35 bits per heavy atom. The smallest absolute Gasteiger partial charge is 0.321 e. The van der Waals surface area contributed by atoms with E-state index in [0.29, 0.717) is 13.2 Å². The first-order chi connectivity index (χ1) is 9.52. The first-order valence-corrected chi connectivity index (χ1v) is 6.48. The number of hydrogen-bond donors (Lipinski definition) is 3. The summed E-state index contributed by atoms with van der Waals surface area (Å²) in [5, 5.41) is 7.50. The van der Waals surface area contributed by atoms with Crippen LogP contribution >= 0.6 is 0 Å². The lowest BCUT2D eigenvalue weighted by atomic mass is 10.2. The van der Waals surface area contributed by atoms with Gasteiger partial charge in [0.05, 0.1) is 6.04 Å². The number of aryl methyl sites for hydroxylation is 1. The SMILES string of the molecule is CNC(=O)NC(=O)C(C)NCCOc1cccc(C)c1. The van der Waals surface area contributed by atoms with Crippen LogP contribution in [0.3, 0.4) is 0 Å². The van der Waals surface area contributed by atoms with Gasteiger partial charge in [0, 0.05) is 13.6 Å². The zero-order chi connectivity index (χ0) is 15.0. The Balaban J connectivity index is 2.23. The molecule has 0 aliphatic heterocycles. The average Bonchev–Trinajstić information content (AvgIpc) is 2.43. The predicted molar refractivity (Wildman–Crippen MR) is 76.7 cm³/mol. The van der Waals surface area contributed by atoms with Crippen LogP contribution in [0, 0.1) is 6.92 Å². The van der Waals surface area contributed by atoms with Crippen molar-refractivity contribution in [1.82, 2.24) is 16.0 Å². The van der Waals surface area contributed by atoms with Crippen molar-refractivity contribution in [3.63, 3.8) is 0 Å². The number of imide groups is 1. The number of carbonyl (C=O) groups excluding carboxylic acids is 2. The number of nitrogens with one attached hydrogen (secondary N) is 3. The normalized spacial score (nSPS) is 11.6. The van der Waals surface area contributed by atoms with E-state index in [1.54, 1.807) is 6.92 Å². The summed E-state index contributed by atoms with van der Waals surface area (Å²) in [6, 6.07) is 6.78. The van der Waals surface area contributed by atoms with Crippen molar-refractivity contribution in [2.75, 3.05) is 20.2 Å². The Bertz CT molecular complexity index is 463. The van der Waals surface area contributed by atoms with Crippen molar-refractivity contribution in [2.24, 2.45) is 0 Å². The molecule has 1 rings (SSSR count). The largest absolute Gasteiger partial charge is 0.492 e. The number of rotatable bonds is 6. The molecule has 20 heavy (non-hydrogen) atoms. The van der Waals surface area contributed by atoms with Crippen molar-refractivity contribution in [1.29, 1.82) is 0 Å². The van der Waals surface area contributed by atoms with E-state index in [9.17, 15) is 9.59 Å². The first kappa shape index (κ1) is 16.0. The van der Waals surface area contributed by atoms with E-state index in [1.807, 2.05) is 31.2 Å². The highest BCUT2D eigenvalue weighted by Crippen LogP contribution is 2.11. The summed E-state index contributed by atoms with van der Waals surface area (Å²) < 4.78 is 5.55. The van der Waals surface area contributed by atoms with Crippen LogP contribution in [-0.4, -0.2) is 38.2 Å². The van der Waals surface area contributed by atoms with Gasteiger partial charge in [-0.15, -0.1) is 0 Å². The standard InChI is InChI=1S/C14H21N3O3/c1-10-5-4-6-12(9-10)20-8-7-16-11(2)13(18)17-14(19)15-3/h4-6,9,11,16H,7-8H2,1-3H3,(H2,15,17,18,19). The van der Waals surface area contributed by atoms with Crippen molar-refractivity contribution < 1.29 is 14.3 Å². The summed E-state index contributed by atoms with van der Waals surface area (Å²) in [6.45, 7) is 4.64. The second kappa shape index (κ2) is 8.16.